The Hall–Kier alpha value is -1.55. The molecule has 19 heavy (non-hydrogen) atoms. The molecule has 1 amide bonds. The third-order valence-corrected chi connectivity index (χ3v) is 3.53. The molecule has 1 aromatic rings. The lowest BCUT2D eigenvalue weighted by Crippen LogP contribution is -2.28. The lowest BCUT2D eigenvalue weighted by atomic mass is 9.98. The van der Waals surface area contributed by atoms with Crippen LogP contribution in [-0.4, -0.2) is 31.5 Å². The van der Waals surface area contributed by atoms with Gasteiger partial charge in [0.05, 0.1) is 7.11 Å². The van der Waals surface area contributed by atoms with Gasteiger partial charge in [0.25, 0.3) is 0 Å². The standard InChI is InChI=1S/C15H24N2O2/c1-10-8-13(9-17(4)14(18)6-7-16)11(2)12(3)15(10)19-5/h8H,6-7,9,16H2,1-5H3. The summed E-state index contributed by atoms with van der Waals surface area (Å²) < 4.78 is 5.41. The third-order valence-electron chi connectivity index (χ3n) is 3.53. The van der Waals surface area contributed by atoms with Crippen LogP contribution in [0.4, 0.5) is 0 Å². The SMILES string of the molecule is COc1c(C)cc(CN(C)C(=O)CCN)c(C)c1C. The summed E-state index contributed by atoms with van der Waals surface area (Å²) in [6, 6.07) is 2.09. The van der Waals surface area contributed by atoms with Crippen LogP contribution in [0.3, 0.4) is 0 Å². The topological polar surface area (TPSA) is 55.6 Å². The number of rotatable bonds is 5. The van der Waals surface area contributed by atoms with Crippen LogP contribution >= 0.6 is 0 Å². The van der Waals surface area contributed by atoms with Gasteiger partial charge in [0.15, 0.2) is 0 Å². The van der Waals surface area contributed by atoms with Crippen LogP contribution in [0.15, 0.2) is 6.07 Å². The van der Waals surface area contributed by atoms with Crippen molar-refractivity contribution in [3.05, 3.63) is 28.3 Å². The first-order valence-corrected chi connectivity index (χ1v) is 6.50. The largest absolute Gasteiger partial charge is 0.496 e. The second-order valence-electron chi connectivity index (χ2n) is 4.92. The van der Waals surface area contributed by atoms with Gasteiger partial charge in [-0.1, -0.05) is 6.07 Å². The Morgan fingerprint density at radius 2 is 1.95 bits per heavy atom. The van der Waals surface area contributed by atoms with Crippen LogP contribution in [0.1, 0.15) is 28.7 Å². The Bertz CT molecular complexity index is 470. The molecule has 4 heteroatoms. The van der Waals surface area contributed by atoms with E-state index >= 15 is 0 Å². The Balaban J connectivity index is 3.00. The number of ether oxygens (including phenoxy) is 1. The van der Waals surface area contributed by atoms with E-state index in [2.05, 4.69) is 13.0 Å². The molecule has 2 N–H and O–H groups in total. The van der Waals surface area contributed by atoms with Crippen molar-refractivity contribution in [2.24, 2.45) is 5.73 Å². The van der Waals surface area contributed by atoms with E-state index in [0.717, 1.165) is 22.4 Å². The zero-order chi connectivity index (χ0) is 14.6. The van der Waals surface area contributed by atoms with Crippen LogP contribution in [0.5, 0.6) is 5.75 Å². The van der Waals surface area contributed by atoms with Crippen molar-refractivity contribution in [3.63, 3.8) is 0 Å². The second-order valence-corrected chi connectivity index (χ2v) is 4.92. The Kier molecular flexibility index (Phi) is 5.36. The van der Waals surface area contributed by atoms with Crippen LogP contribution < -0.4 is 10.5 Å². The molecular weight excluding hydrogens is 240 g/mol. The van der Waals surface area contributed by atoms with E-state index in [-0.39, 0.29) is 5.91 Å². The summed E-state index contributed by atoms with van der Waals surface area (Å²) in [5.74, 6) is 1.00. The third kappa shape index (κ3) is 3.47. The highest BCUT2D eigenvalue weighted by molar-refractivity contribution is 5.76. The van der Waals surface area contributed by atoms with Crippen molar-refractivity contribution in [3.8, 4) is 5.75 Å². The predicted molar refractivity (Wildman–Crippen MR) is 77.4 cm³/mol. The van der Waals surface area contributed by atoms with Gasteiger partial charge in [-0.15, -0.1) is 0 Å². The Morgan fingerprint density at radius 3 is 2.47 bits per heavy atom. The number of nitrogens with two attached hydrogens (primary N) is 1. The molecule has 0 aliphatic carbocycles. The molecule has 0 aliphatic rings. The van der Waals surface area contributed by atoms with E-state index in [4.69, 9.17) is 10.5 Å². The highest BCUT2D eigenvalue weighted by Crippen LogP contribution is 2.29. The number of amides is 1. The van der Waals surface area contributed by atoms with Gasteiger partial charge in [-0.2, -0.15) is 0 Å². The first kappa shape index (κ1) is 15.5. The van der Waals surface area contributed by atoms with Gasteiger partial charge >= 0.3 is 0 Å². The van der Waals surface area contributed by atoms with Gasteiger partial charge < -0.3 is 15.4 Å². The van der Waals surface area contributed by atoms with Crippen molar-refractivity contribution in [2.75, 3.05) is 20.7 Å². The highest BCUT2D eigenvalue weighted by Gasteiger charge is 2.14. The van der Waals surface area contributed by atoms with Gasteiger partial charge in [0.2, 0.25) is 5.91 Å². The molecule has 1 rings (SSSR count). The summed E-state index contributed by atoms with van der Waals surface area (Å²) in [7, 11) is 3.50. The molecule has 0 spiro atoms. The zero-order valence-corrected chi connectivity index (χ0v) is 12.5. The van der Waals surface area contributed by atoms with Gasteiger partial charge in [-0.05, 0) is 43.0 Å². The van der Waals surface area contributed by atoms with Crippen molar-refractivity contribution in [1.82, 2.24) is 4.90 Å². The molecule has 0 unspecified atom stereocenters. The quantitative estimate of drug-likeness (QED) is 0.884. The average molecular weight is 264 g/mol. The minimum absolute atomic E-state index is 0.0769. The van der Waals surface area contributed by atoms with Gasteiger partial charge in [-0.25, -0.2) is 0 Å². The van der Waals surface area contributed by atoms with Crippen LogP contribution in [-0.2, 0) is 11.3 Å². The summed E-state index contributed by atoms with van der Waals surface area (Å²) in [5, 5.41) is 0. The average Bonchev–Trinajstić information content (AvgIpc) is 2.36. The minimum atomic E-state index is 0.0769. The van der Waals surface area contributed by atoms with E-state index in [0.29, 0.717) is 19.5 Å². The maximum Gasteiger partial charge on any atom is 0.223 e. The first-order valence-electron chi connectivity index (χ1n) is 6.50. The van der Waals surface area contributed by atoms with Crippen LogP contribution in [0.2, 0.25) is 0 Å². The maximum atomic E-state index is 11.8. The predicted octanol–water partition coefficient (Wildman–Crippen LogP) is 1.93. The fourth-order valence-corrected chi connectivity index (χ4v) is 2.28. The summed E-state index contributed by atoms with van der Waals surface area (Å²) in [5.41, 5.74) is 9.98. The van der Waals surface area contributed by atoms with E-state index in [1.54, 1.807) is 12.0 Å². The molecular formula is C15H24N2O2. The number of carbonyl (C=O) groups excluding carboxylic acids is 1. The fraction of sp³-hybridized carbons (Fsp3) is 0.533. The fourth-order valence-electron chi connectivity index (χ4n) is 2.28. The summed E-state index contributed by atoms with van der Waals surface area (Å²) >= 11 is 0. The maximum absolute atomic E-state index is 11.8. The molecule has 0 heterocycles. The molecule has 0 aromatic heterocycles. The number of benzene rings is 1. The van der Waals surface area contributed by atoms with E-state index in [1.165, 1.54) is 5.56 Å². The van der Waals surface area contributed by atoms with Crippen molar-refractivity contribution in [2.45, 2.75) is 33.7 Å². The molecule has 0 saturated carbocycles. The Morgan fingerprint density at radius 1 is 1.32 bits per heavy atom. The number of methoxy groups -OCH3 is 1. The van der Waals surface area contributed by atoms with E-state index < -0.39 is 0 Å². The molecule has 4 nitrogen and oxygen atoms in total. The number of hydrogen-bond acceptors (Lipinski definition) is 3. The molecule has 0 fully saturated rings. The lowest BCUT2D eigenvalue weighted by Gasteiger charge is -2.21. The zero-order valence-electron chi connectivity index (χ0n) is 12.5. The molecule has 0 bridgehead atoms. The number of aryl methyl sites for hydroxylation is 1. The van der Waals surface area contributed by atoms with Gasteiger partial charge in [0.1, 0.15) is 5.75 Å². The molecule has 0 radical (unpaired) electrons. The van der Waals surface area contributed by atoms with E-state index in [9.17, 15) is 4.79 Å². The summed E-state index contributed by atoms with van der Waals surface area (Å²) in [6.45, 7) is 7.13. The van der Waals surface area contributed by atoms with Crippen molar-refractivity contribution < 1.29 is 9.53 Å². The van der Waals surface area contributed by atoms with E-state index in [1.807, 2.05) is 20.9 Å². The number of nitrogens with zero attached hydrogens (tertiary/aromatic N) is 1. The normalized spacial score (nSPS) is 10.4. The van der Waals surface area contributed by atoms with Crippen LogP contribution in [0, 0.1) is 20.8 Å². The van der Waals surface area contributed by atoms with Gasteiger partial charge in [0, 0.05) is 26.6 Å². The number of hydrogen-bond donors (Lipinski definition) is 1. The molecule has 1 aromatic carbocycles. The molecule has 0 aliphatic heterocycles. The van der Waals surface area contributed by atoms with Crippen LogP contribution in [0.25, 0.3) is 0 Å². The highest BCUT2D eigenvalue weighted by atomic mass is 16.5. The second kappa shape index (κ2) is 6.57. The number of carbonyl (C=O) groups is 1. The summed E-state index contributed by atoms with van der Waals surface area (Å²) in [6.07, 6.45) is 0.393. The molecule has 0 atom stereocenters. The van der Waals surface area contributed by atoms with Crippen molar-refractivity contribution >= 4 is 5.91 Å². The molecule has 0 saturated heterocycles. The van der Waals surface area contributed by atoms with Crippen molar-refractivity contribution in [1.29, 1.82) is 0 Å². The van der Waals surface area contributed by atoms with Gasteiger partial charge in [-0.3, -0.25) is 4.79 Å². The monoisotopic (exact) mass is 264 g/mol. The first-order chi connectivity index (χ1) is 8.92. The lowest BCUT2D eigenvalue weighted by molar-refractivity contribution is -0.130. The Labute approximate surface area is 115 Å². The smallest absolute Gasteiger partial charge is 0.223 e. The minimum Gasteiger partial charge on any atom is -0.496 e. The molecule has 106 valence electrons. The summed E-state index contributed by atoms with van der Waals surface area (Å²) in [4.78, 5) is 13.5.